The molecule has 0 fully saturated rings. The Morgan fingerprint density at radius 1 is 1.44 bits per heavy atom. The maximum atomic E-state index is 12.9. The first kappa shape index (κ1) is 11.2. The van der Waals surface area contributed by atoms with Gasteiger partial charge in [0.1, 0.15) is 5.82 Å². The van der Waals surface area contributed by atoms with Crippen LogP contribution < -0.4 is 5.73 Å². The molecule has 2 N–H and O–H groups in total. The zero-order valence-electron chi connectivity index (χ0n) is 8.27. The van der Waals surface area contributed by atoms with Crippen LogP contribution in [0.25, 0.3) is 11.4 Å². The van der Waals surface area contributed by atoms with Crippen molar-refractivity contribution in [1.29, 1.82) is 0 Å². The third kappa shape index (κ3) is 2.10. The number of halogens is 2. The van der Waals surface area contributed by atoms with E-state index in [4.69, 9.17) is 5.73 Å². The average molecular weight is 286 g/mol. The van der Waals surface area contributed by atoms with E-state index >= 15 is 0 Å². The lowest BCUT2D eigenvalue weighted by Crippen LogP contribution is -2.12. The van der Waals surface area contributed by atoms with E-state index in [9.17, 15) is 4.39 Å². The number of rotatable bonds is 3. The Balaban J connectivity index is 2.46. The molecule has 1 aromatic carbocycles. The van der Waals surface area contributed by atoms with Gasteiger partial charge in [-0.15, -0.1) is 5.10 Å². The predicted molar refractivity (Wildman–Crippen MR) is 60.0 cm³/mol. The molecular formula is C9H9BrFN5. The van der Waals surface area contributed by atoms with Crippen LogP contribution in [0.2, 0.25) is 0 Å². The highest BCUT2D eigenvalue weighted by Gasteiger charge is 2.11. The van der Waals surface area contributed by atoms with Crippen LogP contribution >= 0.6 is 15.9 Å². The van der Waals surface area contributed by atoms with Crippen molar-refractivity contribution in [3.8, 4) is 11.4 Å². The minimum atomic E-state index is -0.312. The summed E-state index contributed by atoms with van der Waals surface area (Å²) in [7, 11) is 0. The van der Waals surface area contributed by atoms with Crippen molar-refractivity contribution in [2.75, 3.05) is 6.54 Å². The molecule has 0 saturated heterocycles. The predicted octanol–water partition coefficient (Wildman–Crippen LogP) is 1.20. The number of aromatic nitrogens is 4. The van der Waals surface area contributed by atoms with Gasteiger partial charge in [-0.05, 0) is 44.6 Å². The van der Waals surface area contributed by atoms with Gasteiger partial charge >= 0.3 is 0 Å². The summed E-state index contributed by atoms with van der Waals surface area (Å²) in [5, 5.41) is 11.3. The van der Waals surface area contributed by atoms with Gasteiger partial charge in [-0.3, -0.25) is 0 Å². The second kappa shape index (κ2) is 4.67. The van der Waals surface area contributed by atoms with Crippen LogP contribution in [0.4, 0.5) is 4.39 Å². The van der Waals surface area contributed by atoms with E-state index in [0.29, 0.717) is 23.4 Å². The SMILES string of the molecule is NCCn1nnnc1-c1ccc(F)cc1Br. The summed E-state index contributed by atoms with van der Waals surface area (Å²) in [6, 6.07) is 4.36. The maximum absolute atomic E-state index is 12.9. The minimum absolute atomic E-state index is 0.312. The number of tetrazole rings is 1. The van der Waals surface area contributed by atoms with Gasteiger partial charge in [0.25, 0.3) is 0 Å². The minimum Gasteiger partial charge on any atom is -0.329 e. The third-order valence-electron chi connectivity index (χ3n) is 2.04. The monoisotopic (exact) mass is 285 g/mol. The molecule has 0 bridgehead atoms. The second-order valence-electron chi connectivity index (χ2n) is 3.14. The lowest BCUT2D eigenvalue weighted by atomic mass is 10.2. The van der Waals surface area contributed by atoms with Crippen LogP contribution in [0.1, 0.15) is 0 Å². The summed E-state index contributed by atoms with van der Waals surface area (Å²) < 4.78 is 15.1. The van der Waals surface area contributed by atoms with Crippen molar-refractivity contribution in [3.05, 3.63) is 28.5 Å². The zero-order chi connectivity index (χ0) is 11.5. The van der Waals surface area contributed by atoms with E-state index in [2.05, 4.69) is 31.5 Å². The first-order valence-electron chi connectivity index (χ1n) is 4.64. The Bertz CT molecular complexity index is 498. The van der Waals surface area contributed by atoms with E-state index in [1.54, 1.807) is 10.7 Å². The van der Waals surface area contributed by atoms with E-state index in [1.165, 1.54) is 12.1 Å². The summed E-state index contributed by atoms with van der Waals surface area (Å²) >= 11 is 3.27. The Morgan fingerprint density at radius 2 is 2.25 bits per heavy atom. The van der Waals surface area contributed by atoms with Crippen molar-refractivity contribution >= 4 is 15.9 Å². The molecule has 0 aliphatic rings. The Kier molecular flexibility index (Phi) is 3.25. The number of nitrogens with zero attached hydrogens (tertiary/aromatic N) is 4. The second-order valence-corrected chi connectivity index (χ2v) is 3.99. The molecular weight excluding hydrogens is 277 g/mol. The highest BCUT2D eigenvalue weighted by molar-refractivity contribution is 9.10. The Hall–Kier alpha value is -1.34. The van der Waals surface area contributed by atoms with Crippen molar-refractivity contribution < 1.29 is 4.39 Å². The molecule has 1 aromatic heterocycles. The van der Waals surface area contributed by atoms with Gasteiger partial charge < -0.3 is 5.73 Å². The fraction of sp³-hybridized carbons (Fsp3) is 0.222. The zero-order valence-corrected chi connectivity index (χ0v) is 9.85. The molecule has 0 aliphatic carbocycles. The fourth-order valence-electron chi connectivity index (χ4n) is 1.34. The lowest BCUT2D eigenvalue weighted by molar-refractivity contribution is 0.602. The molecule has 0 spiro atoms. The smallest absolute Gasteiger partial charge is 0.183 e. The highest BCUT2D eigenvalue weighted by Crippen LogP contribution is 2.26. The number of nitrogens with two attached hydrogens (primary N) is 1. The van der Waals surface area contributed by atoms with Crippen LogP contribution in [-0.4, -0.2) is 26.8 Å². The topological polar surface area (TPSA) is 69.6 Å². The van der Waals surface area contributed by atoms with E-state index in [0.717, 1.165) is 5.56 Å². The van der Waals surface area contributed by atoms with Crippen LogP contribution in [0.5, 0.6) is 0 Å². The molecule has 84 valence electrons. The van der Waals surface area contributed by atoms with E-state index in [-0.39, 0.29) is 5.82 Å². The van der Waals surface area contributed by atoms with Gasteiger partial charge in [-0.25, -0.2) is 9.07 Å². The molecule has 0 unspecified atom stereocenters. The van der Waals surface area contributed by atoms with Gasteiger partial charge in [0, 0.05) is 16.6 Å². The van der Waals surface area contributed by atoms with Crippen LogP contribution in [0.3, 0.4) is 0 Å². The van der Waals surface area contributed by atoms with Gasteiger partial charge in [0.15, 0.2) is 5.82 Å². The quantitative estimate of drug-likeness (QED) is 0.920. The summed E-state index contributed by atoms with van der Waals surface area (Å²) in [5.41, 5.74) is 6.18. The first-order chi connectivity index (χ1) is 7.72. The van der Waals surface area contributed by atoms with Crippen LogP contribution in [0, 0.1) is 5.82 Å². The molecule has 1 heterocycles. The largest absolute Gasteiger partial charge is 0.329 e. The molecule has 0 radical (unpaired) electrons. The first-order valence-corrected chi connectivity index (χ1v) is 5.43. The summed E-state index contributed by atoms with van der Waals surface area (Å²) in [6.45, 7) is 0.961. The molecule has 0 saturated carbocycles. The highest BCUT2D eigenvalue weighted by atomic mass is 79.9. The van der Waals surface area contributed by atoms with Gasteiger partial charge in [0.2, 0.25) is 0 Å². The molecule has 2 aromatic rings. The molecule has 0 aliphatic heterocycles. The summed E-state index contributed by atoms with van der Waals surface area (Å²) in [5.74, 6) is 0.255. The maximum Gasteiger partial charge on any atom is 0.183 e. The third-order valence-corrected chi connectivity index (χ3v) is 2.70. The van der Waals surface area contributed by atoms with Crippen LogP contribution in [0.15, 0.2) is 22.7 Å². The lowest BCUT2D eigenvalue weighted by Gasteiger charge is -2.04. The standard InChI is InChI=1S/C9H9BrFN5/c10-8-5-6(11)1-2-7(8)9-13-14-15-16(9)4-3-12/h1-2,5H,3-4,12H2. The Morgan fingerprint density at radius 3 is 2.94 bits per heavy atom. The van der Waals surface area contributed by atoms with Crippen molar-refractivity contribution in [2.45, 2.75) is 6.54 Å². The van der Waals surface area contributed by atoms with Gasteiger partial charge in [-0.2, -0.15) is 0 Å². The molecule has 0 atom stereocenters. The fourth-order valence-corrected chi connectivity index (χ4v) is 1.87. The van der Waals surface area contributed by atoms with E-state index < -0.39 is 0 Å². The Labute approximate surface area is 99.6 Å². The van der Waals surface area contributed by atoms with Crippen molar-refractivity contribution in [2.24, 2.45) is 5.73 Å². The molecule has 2 rings (SSSR count). The van der Waals surface area contributed by atoms with Crippen LogP contribution in [-0.2, 0) is 6.54 Å². The van der Waals surface area contributed by atoms with E-state index in [1.807, 2.05) is 0 Å². The molecule has 5 nitrogen and oxygen atoms in total. The van der Waals surface area contributed by atoms with Gasteiger partial charge in [-0.1, -0.05) is 0 Å². The molecule has 16 heavy (non-hydrogen) atoms. The molecule has 7 heteroatoms. The number of benzene rings is 1. The number of hydrogen-bond acceptors (Lipinski definition) is 4. The normalized spacial score (nSPS) is 10.7. The van der Waals surface area contributed by atoms with Crippen molar-refractivity contribution in [3.63, 3.8) is 0 Å². The van der Waals surface area contributed by atoms with Gasteiger partial charge in [0.05, 0.1) is 6.54 Å². The molecule has 0 amide bonds. The summed E-state index contributed by atoms with van der Waals surface area (Å²) in [6.07, 6.45) is 0. The van der Waals surface area contributed by atoms with Crippen molar-refractivity contribution in [1.82, 2.24) is 20.2 Å². The average Bonchev–Trinajstić information content (AvgIpc) is 2.67. The number of hydrogen-bond donors (Lipinski definition) is 1. The summed E-state index contributed by atoms with van der Waals surface area (Å²) in [4.78, 5) is 0.